The van der Waals surface area contributed by atoms with Gasteiger partial charge >= 0.3 is 0 Å². The van der Waals surface area contributed by atoms with Gasteiger partial charge in [0.2, 0.25) is 0 Å². The average Bonchev–Trinajstić information content (AvgIpc) is 2.38. The average molecular weight is 246 g/mol. The molecule has 0 aliphatic rings. The van der Waals surface area contributed by atoms with E-state index < -0.39 is 0 Å². The van der Waals surface area contributed by atoms with Crippen molar-refractivity contribution in [2.75, 3.05) is 6.26 Å². The second kappa shape index (κ2) is 5.19. The lowest BCUT2D eigenvalue weighted by molar-refractivity contribution is 0.987. The Balaban J connectivity index is 2.44. The summed E-state index contributed by atoms with van der Waals surface area (Å²) in [4.78, 5) is 19.8. The van der Waals surface area contributed by atoms with E-state index in [1.807, 2.05) is 37.4 Å². The molecule has 2 rings (SSSR count). The molecule has 1 N–H and O–H groups in total. The molecule has 3 nitrogen and oxygen atoms in total. The molecule has 0 aliphatic heterocycles. The number of nitrogens with zero attached hydrogens (tertiary/aromatic N) is 1. The standard InChI is InChI=1S/C13H14N2OS/c1-3-10-8-12(16)15-13(14-10)9-4-6-11(17-2)7-5-9/h4-8H,3H2,1-2H3,(H,14,15,16). The Morgan fingerprint density at radius 3 is 2.59 bits per heavy atom. The summed E-state index contributed by atoms with van der Waals surface area (Å²) in [7, 11) is 0. The molecule has 17 heavy (non-hydrogen) atoms. The van der Waals surface area contributed by atoms with E-state index in [1.54, 1.807) is 17.8 Å². The highest BCUT2D eigenvalue weighted by atomic mass is 32.2. The lowest BCUT2D eigenvalue weighted by Gasteiger charge is -2.03. The van der Waals surface area contributed by atoms with Gasteiger partial charge in [-0.1, -0.05) is 19.1 Å². The fourth-order valence-electron chi connectivity index (χ4n) is 1.57. The Kier molecular flexibility index (Phi) is 3.64. The van der Waals surface area contributed by atoms with Crippen LogP contribution in [0, 0.1) is 0 Å². The van der Waals surface area contributed by atoms with E-state index in [9.17, 15) is 4.79 Å². The zero-order valence-corrected chi connectivity index (χ0v) is 10.7. The van der Waals surface area contributed by atoms with E-state index in [1.165, 1.54) is 4.90 Å². The third-order valence-corrected chi connectivity index (χ3v) is 3.26. The van der Waals surface area contributed by atoms with Crippen LogP contribution in [0.5, 0.6) is 0 Å². The molecule has 0 saturated heterocycles. The highest BCUT2D eigenvalue weighted by molar-refractivity contribution is 7.98. The minimum atomic E-state index is -0.0965. The number of hydrogen-bond donors (Lipinski definition) is 1. The largest absolute Gasteiger partial charge is 0.307 e. The van der Waals surface area contributed by atoms with E-state index in [0.717, 1.165) is 17.7 Å². The van der Waals surface area contributed by atoms with Crippen LogP contribution >= 0.6 is 11.8 Å². The highest BCUT2D eigenvalue weighted by Crippen LogP contribution is 2.19. The van der Waals surface area contributed by atoms with Crippen LogP contribution in [0.15, 0.2) is 40.0 Å². The van der Waals surface area contributed by atoms with Gasteiger partial charge in [0.15, 0.2) is 0 Å². The first kappa shape index (κ1) is 11.9. The molecule has 0 radical (unpaired) electrons. The zero-order chi connectivity index (χ0) is 12.3. The normalized spacial score (nSPS) is 10.5. The monoisotopic (exact) mass is 246 g/mol. The fraction of sp³-hybridized carbons (Fsp3) is 0.231. The van der Waals surface area contributed by atoms with E-state index in [2.05, 4.69) is 9.97 Å². The summed E-state index contributed by atoms with van der Waals surface area (Å²) in [5, 5.41) is 0. The Hall–Kier alpha value is -1.55. The van der Waals surface area contributed by atoms with Crippen molar-refractivity contribution in [3.8, 4) is 11.4 Å². The second-order valence-corrected chi connectivity index (χ2v) is 4.55. The third kappa shape index (κ3) is 2.77. The Morgan fingerprint density at radius 1 is 1.29 bits per heavy atom. The van der Waals surface area contributed by atoms with Gasteiger partial charge in [-0.2, -0.15) is 0 Å². The lowest BCUT2D eigenvalue weighted by atomic mass is 10.2. The van der Waals surface area contributed by atoms with Crippen molar-refractivity contribution in [2.24, 2.45) is 0 Å². The number of benzene rings is 1. The molecule has 0 fully saturated rings. The minimum absolute atomic E-state index is 0.0965. The van der Waals surface area contributed by atoms with Gasteiger partial charge in [-0.3, -0.25) is 4.79 Å². The molecule has 0 amide bonds. The molecule has 4 heteroatoms. The van der Waals surface area contributed by atoms with E-state index >= 15 is 0 Å². The molecule has 1 aromatic heterocycles. The molecule has 0 bridgehead atoms. The van der Waals surface area contributed by atoms with Gasteiger partial charge in [0.25, 0.3) is 5.56 Å². The second-order valence-electron chi connectivity index (χ2n) is 3.67. The number of hydrogen-bond acceptors (Lipinski definition) is 3. The van der Waals surface area contributed by atoms with Gasteiger partial charge in [-0.05, 0) is 24.8 Å². The first-order valence-corrected chi connectivity index (χ1v) is 6.70. The van der Waals surface area contributed by atoms with E-state index in [-0.39, 0.29) is 5.56 Å². The molecule has 0 atom stereocenters. The number of nitrogens with one attached hydrogen (secondary N) is 1. The predicted octanol–water partition coefficient (Wildman–Crippen LogP) is 2.72. The van der Waals surface area contributed by atoms with Crippen molar-refractivity contribution >= 4 is 11.8 Å². The van der Waals surface area contributed by atoms with Crippen molar-refractivity contribution in [3.63, 3.8) is 0 Å². The third-order valence-electron chi connectivity index (χ3n) is 2.52. The van der Waals surface area contributed by atoms with Crippen molar-refractivity contribution in [2.45, 2.75) is 18.2 Å². The molecule has 1 heterocycles. The topological polar surface area (TPSA) is 45.8 Å². The van der Waals surface area contributed by atoms with Crippen molar-refractivity contribution < 1.29 is 0 Å². The maximum Gasteiger partial charge on any atom is 0.251 e. The molecule has 1 aromatic carbocycles. The fourth-order valence-corrected chi connectivity index (χ4v) is 1.98. The predicted molar refractivity (Wildman–Crippen MR) is 71.5 cm³/mol. The molecule has 0 unspecified atom stereocenters. The van der Waals surface area contributed by atoms with Gasteiger partial charge in [0.05, 0.1) is 0 Å². The molecule has 0 spiro atoms. The van der Waals surface area contributed by atoms with Crippen molar-refractivity contribution in [3.05, 3.63) is 46.4 Å². The number of thioether (sulfide) groups is 1. The SMILES string of the molecule is CCc1cc(=O)[nH]c(-c2ccc(SC)cc2)n1. The Morgan fingerprint density at radius 2 is 2.00 bits per heavy atom. The van der Waals surface area contributed by atoms with E-state index in [4.69, 9.17) is 0 Å². The summed E-state index contributed by atoms with van der Waals surface area (Å²) in [5.74, 6) is 0.641. The number of aromatic amines is 1. The maximum absolute atomic E-state index is 11.5. The van der Waals surface area contributed by atoms with Crippen molar-refractivity contribution in [1.82, 2.24) is 9.97 Å². The summed E-state index contributed by atoms with van der Waals surface area (Å²) < 4.78 is 0. The molecule has 0 aliphatic carbocycles. The van der Waals surface area contributed by atoms with Gasteiger partial charge in [-0.15, -0.1) is 11.8 Å². The van der Waals surface area contributed by atoms with Crippen LogP contribution < -0.4 is 5.56 Å². The summed E-state index contributed by atoms with van der Waals surface area (Å²) >= 11 is 1.69. The van der Waals surface area contributed by atoms with Crippen LogP contribution in [0.2, 0.25) is 0 Å². The molecule has 2 aromatic rings. The number of aryl methyl sites for hydroxylation is 1. The maximum atomic E-state index is 11.5. The van der Waals surface area contributed by atoms with Gasteiger partial charge in [0, 0.05) is 22.2 Å². The van der Waals surface area contributed by atoms with Gasteiger partial charge in [0.1, 0.15) is 5.82 Å². The van der Waals surface area contributed by atoms with Crippen LogP contribution in [0.3, 0.4) is 0 Å². The van der Waals surface area contributed by atoms with Crippen LogP contribution in [-0.4, -0.2) is 16.2 Å². The lowest BCUT2D eigenvalue weighted by Crippen LogP contribution is -2.09. The van der Waals surface area contributed by atoms with Crippen LogP contribution in [0.25, 0.3) is 11.4 Å². The summed E-state index contributed by atoms with van der Waals surface area (Å²) in [6, 6.07) is 9.55. The van der Waals surface area contributed by atoms with Crippen LogP contribution in [-0.2, 0) is 6.42 Å². The Bertz CT molecular complexity index is 560. The quantitative estimate of drug-likeness (QED) is 0.847. The van der Waals surface area contributed by atoms with E-state index in [0.29, 0.717) is 5.82 Å². The summed E-state index contributed by atoms with van der Waals surface area (Å²) in [6.07, 6.45) is 2.80. The van der Waals surface area contributed by atoms with Gasteiger partial charge in [-0.25, -0.2) is 4.98 Å². The van der Waals surface area contributed by atoms with Gasteiger partial charge < -0.3 is 4.98 Å². The number of rotatable bonds is 3. The van der Waals surface area contributed by atoms with Crippen LogP contribution in [0.4, 0.5) is 0 Å². The number of aromatic nitrogens is 2. The molecular weight excluding hydrogens is 232 g/mol. The Labute approximate surface area is 104 Å². The van der Waals surface area contributed by atoms with Crippen molar-refractivity contribution in [1.29, 1.82) is 0 Å². The molecule has 88 valence electrons. The highest BCUT2D eigenvalue weighted by Gasteiger charge is 2.03. The summed E-state index contributed by atoms with van der Waals surface area (Å²) in [6.45, 7) is 1.99. The minimum Gasteiger partial charge on any atom is -0.307 e. The zero-order valence-electron chi connectivity index (χ0n) is 9.86. The molecular formula is C13H14N2OS. The van der Waals surface area contributed by atoms with Crippen LogP contribution in [0.1, 0.15) is 12.6 Å². The first-order chi connectivity index (χ1) is 8.22. The molecule has 0 saturated carbocycles. The number of H-pyrrole nitrogens is 1. The summed E-state index contributed by atoms with van der Waals surface area (Å²) in [5.41, 5.74) is 1.66. The first-order valence-electron chi connectivity index (χ1n) is 5.47. The smallest absolute Gasteiger partial charge is 0.251 e.